The lowest BCUT2D eigenvalue weighted by molar-refractivity contribution is 0.108. The van der Waals surface area contributed by atoms with Crippen LogP contribution in [0.2, 0.25) is 0 Å². The number of fused-ring (bicyclic) bond motifs is 1. The highest BCUT2D eigenvalue weighted by Crippen LogP contribution is 2.37. The van der Waals surface area contributed by atoms with Crippen molar-refractivity contribution in [1.82, 2.24) is 10.2 Å². The van der Waals surface area contributed by atoms with Crippen LogP contribution in [0.15, 0.2) is 28.7 Å². The van der Waals surface area contributed by atoms with Crippen LogP contribution in [0, 0.1) is 5.92 Å². The summed E-state index contributed by atoms with van der Waals surface area (Å²) in [5, 5.41) is 3.50. The Kier molecular flexibility index (Phi) is 5.36. The van der Waals surface area contributed by atoms with Crippen molar-refractivity contribution in [3.05, 3.63) is 34.3 Å². The van der Waals surface area contributed by atoms with Crippen LogP contribution in [0.25, 0.3) is 0 Å². The zero-order valence-electron chi connectivity index (χ0n) is 13.0. The molecule has 116 valence electrons. The lowest BCUT2D eigenvalue weighted by Gasteiger charge is -2.38. The van der Waals surface area contributed by atoms with Gasteiger partial charge in [0.25, 0.3) is 0 Å². The summed E-state index contributed by atoms with van der Waals surface area (Å²) in [5.74, 6) is 0.998. The maximum Gasteiger partial charge on any atom is 0.0330 e. The van der Waals surface area contributed by atoms with Crippen molar-refractivity contribution in [3.8, 4) is 0 Å². The fourth-order valence-electron chi connectivity index (χ4n) is 4.33. The number of benzene rings is 1. The minimum Gasteiger partial charge on any atom is -0.313 e. The summed E-state index contributed by atoms with van der Waals surface area (Å²) in [6, 6.07) is 10.1. The van der Waals surface area contributed by atoms with Crippen LogP contribution in [0.3, 0.4) is 0 Å². The molecule has 1 heterocycles. The van der Waals surface area contributed by atoms with E-state index in [0.717, 1.165) is 12.0 Å². The standard InChI is InChI=1S/C18H27BrN2/c1-20-17(15-6-2-8-16(19)13-15)10-12-21-11-4-7-14-5-3-9-18(14)21/h2,6,8,13-14,17-18,20H,3-5,7,9-12H2,1H3. The molecule has 0 radical (unpaired) electrons. The van der Waals surface area contributed by atoms with Crippen LogP contribution in [0.5, 0.6) is 0 Å². The van der Waals surface area contributed by atoms with E-state index in [1.807, 2.05) is 0 Å². The number of hydrogen-bond donors (Lipinski definition) is 1. The van der Waals surface area contributed by atoms with Gasteiger partial charge in [-0.1, -0.05) is 34.5 Å². The average Bonchev–Trinajstić information content (AvgIpc) is 2.97. The molecular weight excluding hydrogens is 324 g/mol. The van der Waals surface area contributed by atoms with Gasteiger partial charge in [-0.05, 0) is 69.3 Å². The van der Waals surface area contributed by atoms with E-state index in [1.54, 1.807) is 0 Å². The van der Waals surface area contributed by atoms with E-state index in [1.165, 1.54) is 61.7 Å². The Balaban J connectivity index is 1.60. The van der Waals surface area contributed by atoms with Gasteiger partial charge in [0.2, 0.25) is 0 Å². The van der Waals surface area contributed by atoms with E-state index in [4.69, 9.17) is 0 Å². The first-order valence-electron chi connectivity index (χ1n) is 8.44. The largest absolute Gasteiger partial charge is 0.313 e. The second-order valence-electron chi connectivity index (χ2n) is 6.62. The van der Waals surface area contributed by atoms with E-state index in [9.17, 15) is 0 Å². The topological polar surface area (TPSA) is 15.3 Å². The Labute approximate surface area is 137 Å². The molecule has 2 fully saturated rings. The molecule has 1 saturated heterocycles. The molecule has 2 nitrogen and oxygen atoms in total. The van der Waals surface area contributed by atoms with Crippen LogP contribution in [-0.4, -0.2) is 31.1 Å². The normalized spacial score (nSPS) is 27.5. The first-order chi connectivity index (χ1) is 10.3. The van der Waals surface area contributed by atoms with Gasteiger partial charge in [0.15, 0.2) is 0 Å². The lowest BCUT2D eigenvalue weighted by Crippen LogP contribution is -2.43. The maximum atomic E-state index is 3.59. The SMILES string of the molecule is CNC(CCN1CCCC2CCCC21)c1cccc(Br)c1. The fourth-order valence-corrected chi connectivity index (χ4v) is 4.75. The Morgan fingerprint density at radius 2 is 2.14 bits per heavy atom. The fraction of sp³-hybridized carbons (Fsp3) is 0.667. The van der Waals surface area contributed by atoms with E-state index in [0.29, 0.717) is 6.04 Å². The third kappa shape index (κ3) is 3.69. The predicted octanol–water partition coefficient (Wildman–Crippen LogP) is 4.36. The summed E-state index contributed by atoms with van der Waals surface area (Å²) in [4.78, 5) is 2.78. The summed E-state index contributed by atoms with van der Waals surface area (Å²) in [6.07, 6.45) is 8.45. The number of piperidine rings is 1. The number of hydrogen-bond acceptors (Lipinski definition) is 2. The molecular formula is C18H27BrN2. The van der Waals surface area contributed by atoms with Crippen LogP contribution in [0.4, 0.5) is 0 Å². The number of nitrogens with one attached hydrogen (secondary N) is 1. The average molecular weight is 351 g/mol. The molecule has 0 bridgehead atoms. The molecule has 3 heteroatoms. The van der Waals surface area contributed by atoms with Gasteiger partial charge in [-0.15, -0.1) is 0 Å². The van der Waals surface area contributed by atoms with Gasteiger partial charge in [-0.3, -0.25) is 0 Å². The molecule has 0 aromatic heterocycles. The number of likely N-dealkylation sites (tertiary alicyclic amines) is 1. The van der Waals surface area contributed by atoms with Gasteiger partial charge in [-0.25, -0.2) is 0 Å². The van der Waals surface area contributed by atoms with Crippen LogP contribution in [-0.2, 0) is 0 Å². The molecule has 1 aliphatic carbocycles. The van der Waals surface area contributed by atoms with Crippen molar-refractivity contribution in [1.29, 1.82) is 0 Å². The summed E-state index contributed by atoms with van der Waals surface area (Å²) in [6.45, 7) is 2.55. The highest BCUT2D eigenvalue weighted by atomic mass is 79.9. The molecule has 3 atom stereocenters. The monoisotopic (exact) mass is 350 g/mol. The van der Waals surface area contributed by atoms with Crippen LogP contribution in [0.1, 0.15) is 50.1 Å². The third-order valence-electron chi connectivity index (χ3n) is 5.41. The zero-order chi connectivity index (χ0) is 14.7. The molecule has 3 unspecified atom stereocenters. The van der Waals surface area contributed by atoms with E-state index >= 15 is 0 Å². The number of nitrogens with zero attached hydrogens (tertiary/aromatic N) is 1. The quantitative estimate of drug-likeness (QED) is 0.848. The Bertz CT molecular complexity index is 462. The van der Waals surface area contributed by atoms with Gasteiger partial charge in [-0.2, -0.15) is 0 Å². The Hall–Kier alpha value is -0.380. The Morgan fingerprint density at radius 3 is 2.95 bits per heavy atom. The summed E-state index contributed by atoms with van der Waals surface area (Å²) < 4.78 is 1.18. The lowest BCUT2D eigenvalue weighted by atomic mass is 9.91. The number of halogens is 1. The van der Waals surface area contributed by atoms with Crippen LogP contribution < -0.4 is 5.32 Å². The first kappa shape index (κ1) is 15.5. The molecule has 1 aromatic carbocycles. The minimum absolute atomic E-state index is 0.462. The molecule has 1 N–H and O–H groups in total. The molecule has 0 amide bonds. The summed E-state index contributed by atoms with van der Waals surface area (Å²) in [5.41, 5.74) is 1.40. The maximum absolute atomic E-state index is 3.59. The van der Waals surface area contributed by atoms with Crippen LogP contribution >= 0.6 is 15.9 Å². The number of rotatable bonds is 5. The smallest absolute Gasteiger partial charge is 0.0330 e. The Morgan fingerprint density at radius 1 is 1.29 bits per heavy atom. The van der Waals surface area contributed by atoms with E-state index in [2.05, 4.69) is 57.5 Å². The molecule has 1 aromatic rings. The highest BCUT2D eigenvalue weighted by Gasteiger charge is 2.34. The first-order valence-corrected chi connectivity index (χ1v) is 9.24. The van der Waals surface area contributed by atoms with Crippen molar-refractivity contribution < 1.29 is 0 Å². The molecule has 2 aliphatic rings. The second-order valence-corrected chi connectivity index (χ2v) is 7.54. The van der Waals surface area contributed by atoms with Gasteiger partial charge in [0, 0.05) is 23.1 Å². The van der Waals surface area contributed by atoms with Crippen molar-refractivity contribution in [2.45, 2.75) is 50.6 Å². The predicted molar refractivity (Wildman–Crippen MR) is 92.5 cm³/mol. The summed E-state index contributed by atoms with van der Waals surface area (Å²) in [7, 11) is 2.08. The molecule has 0 spiro atoms. The van der Waals surface area contributed by atoms with Gasteiger partial charge >= 0.3 is 0 Å². The van der Waals surface area contributed by atoms with Crippen molar-refractivity contribution in [2.75, 3.05) is 20.1 Å². The van der Waals surface area contributed by atoms with Gasteiger partial charge in [0.05, 0.1) is 0 Å². The molecule has 3 rings (SSSR count). The van der Waals surface area contributed by atoms with Crippen molar-refractivity contribution >= 4 is 15.9 Å². The third-order valence-corrected chi connectivity index (χ3v) is 5.91. The second kappa shape index (κ2) is 7.26. The van der Waals surface area contributed by atoms with Gasteiger partial charge < -0.3 is 10.2 Å². The molecule has 1 aliphatic heterocycles. The zero-order valence-corrected chi connectivity index (χ0v) is 14.6. The van der Waals surface area contributed by atoms with E-state index < -0.39 is 0 Å². The highest BCUT2D eigenvalue weighted by molar-refractivity contribution is 9.10. The van der Waals surface area contributed by atoms with E-state index in [-0.39, 0.29) is 0 Å². The summed E-state index contributed by atoms with van der Waals surface area (Å²) >= 11 is 3.59. The molecule has 21 heavy (non-hydrogen) atoms. The minimum atomic E-state index is 0.462. The van der Waals surface area contributed by atoms with Crippen molar-refractivity contribution in [2.24, 2.45) is 5.92 Å². The molecule has 1 saturated carbocycles. The van der Waals surface area contributed by atoms with Gasteiger partial charge in [0.1, 0.15) is 0 Å². The van der Waals surface area contributed by atoms with Crippen molar-refractivity contribution in [3.63, 3.8) is 0 Å².